The van der Waals surface area contributed by atoms with E-state index in [9.17, 15) is 9.59 Å². The average Bonchev–Trinajstić information content (AvgIpc) is 2.41. The summed E-state index contributed by atoms with van der Waals surface area (Å²) in [4.78, 5) is 25.8. The molecule has 5 nitrogen and oxygen atoms in total. The smallest absolute Gasteiger partial charge is 0.256 e. The van der Waals surface area contributed by atoms with Gasteiger partial charge in [0.1, 0.15) is 5.75 Å². The SMILES string of the molecule is COc1cc(Br)cc(C)c1NC(=O)c1cc[nH]c(=O)c1. The summed E-state index contributed by atoms with van der Waals surface area (Å²) in [5.74, 6) is 0.190. The number of benzene rings is 1. The van der Waals surface area contributed by atoms with Crippen LogP contribution in [0.4, 0.5) is 5.69 Å². The van der Waals surface area contributed by atoms with Crippen LogP contribution in [0, 0.1) is 6.92 Å². The molecule has 0 unspecified atom stereocenters. The van der Waals surface area contributed by atoms with Gasteiger partial charge >= 0.3 is 0 Å². The maximum Gasteiger partial charge on any atom is 0.256 e. The first-order valence-electron chi connectivity index (χ1n) is 5.85. The zero-order valence-corrected chi connectivity index (χ0v) is 12.6. The van der Waals surface area contributed by atoms with E-state index in [-0.39, 0.29) is 17.0 Å². The highest BCUT2D eigenvalue weighted by Crippen LogP contribution is 2.32. The molecule has 20 heavy (non-hydrogen) atoms. The molecule has 0 bridgehead atoms. The lowest BCUT2D eigenvalue weighted by atomic mass is 10.1. The number of ether oxygens (including phenoxy) is 1. The second kappa shape index (κ2) is 5.92. The van der Waals surface area contributed by atoms with Gasteiger partial charge in [0, 0.05) is 22.3 Å². The van der Waals surface area contributed by atoms with Gasteiger partial charge in [-0.25, -0.2) is 0 Å². The van der Waals surface area contributed by atoms with Crippen LogP contribution in [-0.2, 0) is 0 Å². The maximum absolute atomic E-state index is 12.1. The molecule has 1 aromatic carbocycles. The highest BCUT2D eigenvalue weighted by molar-refractivity contribution is 9.10. The zero-order chi connectivity index (χ0) is 14.7. The van der Waals surface area contributed by atoms with Crippen molar-refractivity contribution in [1.82, 2.24) is 4.98 Å². The molecule has 0 aliphatic carbocycles. The van der Waals surface area contributed by atoms with Crippen LogP contribution in [0.2, 0.25) is 0 Å². The number of hydrogen-bond donors (Lipinski definition) is 2. The number of hydrogen-bond acceptors (Lipinski definition) is 3. The number of anilines is 1. The zero-order valence-electron chi connectivity index (χ0n) is 11.0. The molecule has 0 aliphatic heterocycles. The van der Waals surface area contributed by atoms with Gasteiger partial charge in [-0.05, 0) is 30.7 Å². The van der Waals surface area contributed by atoms with Crippen molar-refractivity contribution in [3.63, 3.8) is 0 Å². The largest absolute Gasteiger partial charge is 0.495 e. The van der Waals surface area contributed by atoms with Gasteiger partial charge in [0.05, 0.1) is 12.8 Å². The van der Waals surface area contributed by atoms with Crippen LogP contribution in [0.15, 0.2) is 39.7 Å². The van der Waals surface area contributed by atoms with Gasteiger partial charge < -0.3 is 15.0 Å². The predicted molar refractivity (Wildman–Crippen MR) is 80.4 cm³/mol. The van der Waals surface area contributed by atoms with Gasteiger partial charge in [0.15, 0.2) is 0 Å². The number of amides is 1. The Morgan fingerprint density at radius 2 is 2.10 bits per heavy atom. The van der Waals surface area contributed by atoms with Crippen molar-refractivity contribution in [1.29, 1.82) is 0 Å². The number of pyridine rings is 1. The standard InChI is InChI=1S/C14H13BrN2O3/c1-8-5-10(15)7-11(20-2)13(8)17-14(19)9-3-4-16-12(18)6-9/h3-7H,1-2H3,(H,16,18)(H,17,19). The number of aromatic nitrogens is 1. The Bertz CT molecular complexity index is 710. The lowest BCUT2D eigenvalue weighted by Crippen LogP contribution is -2.16. The van der Waals surface area contributed by atoms with Gasteiger partial charge in [-0.15, -0.1) is 0 Å². The van der Waals surface area contributed by atoms with Crippen molar-refractivity contribution in [3.05, 3.63) is 56.4 Å². The number of methoxy groups -OCH3 is 1. The highest BCUT2D eigenvalue weighted by atomic mass is 79.9. The molecule has 0 radical (unpaired) electrons. The van der Waals surface area contributed by atoms with E-state index in [2.05, 4.69) is 26.2 Å². The Balaban J connectivity index is 2.35. The summed E-state index contributed by atoms with van der Waals surface area (Å²) in [5.41, 5.74) is 1.41. The number of aryl methyl sites for hydroxylation is 1. The van der Waals surface area contributed by atoms with Crippen LogP contribution in [0.3, 0.4) is 0 Å². The molecule has 0 fully saturated rings. The summed E-state index contributed by atoms with van der Waals surface area (Å²) in [6, 6.07) is 6.42. The lowest BCUT2D eigenvalue weighted by molar-refractivity contribution is 0.102. The van der Waals surface area contributed by atoms with Gasteiger partial charge in [0.25, 0.3) is 5.91 Å². The van der Waals surface area contributed by atoms with Gasteiger partial charge in [-0.2, -0.15) is 0 Å². The predicted octanol–water partition coefficient (Wildman–Crippen LogP) is 2.71. The van der Waals surface area contributed by atoms with E-state index in [1.165, 1.54) is 25.4 Å². The Morgan fingerprint density at radius 1 is 1.35 bits per heavy atom. The third-order valence-electron chi connectivity index (χ3n) is 2.76. The third-order valence-corrected chi connectivity index (χ3v) is 3.22. The fourth-order valence-electron chi connectivity index (χ4n) is 1.81. The van der Waals surface area contributed by atoms with Crippen molar-refractivity contribution < 1.29 is 9.53 Å². The van der Waals surface area contributed by atoms with Crippen LogP contribution in [0.5, 0.6) is 5.75 Å². The number of nitrogens with one attached hydrogen (secondary N) is 2. The number of aromatic amines is 1. The fourth-order valence-corrected chi connectivity index (χ4v) is 2.36. The summed E-state index contributed by atoms with van der Waals surface area (Å²) in [6.07, 6.45) is 1.43. The van der Waals surface area contributed by atoms with E-state index >= 15 is 0 Å². The van der Waals surface area contributed by atoms with E-state index in [0.717, 1.165) is 10.0 Å². The third kappa shape index (κ3) is 3.08. The van der Waals surface area contributed by atoms with E-state index < -0.39 is 0 Å². The second-order valence-electron chi connectivity index (χ2n) is 4.20. The number of rotatable bonds is 3. The normalized spacial score (nSPS) is 10.2. The van der Waals surface area contributed by atoms with E-state index in [0.29, 0.717) is 11.4 Å². The first kappa shape index (κ1) is 14.3. The summed E-state index contributed by atoms with van der Waals surface area (Å²) in [5, 5.41) is 2.76. The second-order valence-corrected chi connectivity index (χ2v) is 5.11. The topological polar surface area (TPSA) is 71.2 Å². The molecule has 1 amide bonds. The van der Waals surface area contributed by atoms with Crippen LogP contribution < -0.4 is 15.6 Å². The first-order valence-corrected chi connectivity index (χ1v) is 6.65. The highest BCUT2D eigenvalue weighted by Gasteiger charge is 2.13. The molecular weight excluding hydrogens is 324 g/mol. The molecule has 0 atom stereocenters. The van der Waals surface area contributed by atoms with Gasteiger partial charge in [-0.3, -0.25) is 9.59 Å². The van der Waals surface area contributed by atoms with Crippen molar-refractivity contribution in [2.75, 3.05) is 12.4 Å². The van der Waals surface area contributed by atoms with Crippen LogP contribution in [0.25, 0.3) is 0 Å². The maximum atomic E-state index is 12.1. The first-order chi connectivity index (χ1) is 9.51. The molecule has 0 saturated carbocycles. The van der Waals surface area contributed by atoms with E-state index in [1.54, 1.807) is 6.07 Å². The lowest BCUT2D eigenvalue weighted by Gasteiger charge is -2.13. The molecule has 2 rings (SSSR count). The molecule has 2 N–H and O–H groups in total. The Kier molecular flexibility index (Phi) is 4.24. The number of carbonyl (C=O) groups is 1. The number of halogens is 1. The Morgan fingerprint density at radius 3 is 2.75 bits per heavy atom. The minimum atomic E-state index is -0.361. The molecule has 1 heterocycles. The van der Waals surface area contributed by atoms with Crippen LogP contribution in [0.1, 0.15) is 15.9 Å². The summed E-state index contributed by atoms with van der Waals surface area (Å²) in [6.45, 7) is 1.86. The summed E-state index contributed by atoms with van der Waals surface area (Å²) in [7, 11) is 1.53. The summed E-state index contributed by atoms with van der Waals surface area (Å²) < 4.78 is 6.12. The molecular formula is C14H13BrN2O3. The minimum absolute atomic E-state index is 0.290. The fraction of sp³-hybridized carbons (Fsp3) is 0.143. The number of H-pyrrole nitrogens is 1. The van der Waals surface area contributed by atoms with Gasteiger partial charge in [0.2, 0.25) is 5.56 Å². The van der Waals surface area contributed by atoms with Crippen LogP contribution >= 0.6 is 15.9 Å². The van der Waals surface area contributed by atoms with E-state index in [1.807, 2.05) is 13.0 Å². The Hall–Kier alpha value is -2.08. The molecule has 2 aromatic rings. The number of carbonyl (C=O) groups excluding carboxylic acids is 1. The Labute approximate surface area is 124 Å². The minimum Gasteiger partial charge on any atom is -0.495 e. The quantitative estimate of drug-likeness (QED) is 0.905. The van der Waals surface area contributed by atoms with E-state index in [4.69, 9.17) is 4.74 Å². The monoisotopic (exact) mass is 336 g/mol. The average molecular weight is 337 g/mol. The van der Waals surface area contributed by atoms with Gasteiger partial charge in [-0.1, -0.05) is 15.9 Å². The van der Waals surface area contributed by atoms with Crippen molar-refractivity contribution in [2.24, 2.45) is 0 Å². The molecule has 6 heteroatoms. The van der Waals surface area contributed by atoms with Crippen molar-refractivity contribution in [2.45, 2.75) is 6.92 Å². The van der Waals surface area contributed by atoms with Crippen molar-refractivity contribution >= 4 is 27.5 Å². The van der Waals surface area contributed by atoms with Crippen molar-refractivity contribution in [3.8, 4) is 5.75 Å². The molecule has 0 aliphatic rings. The molecule has 0 saturated heterocycles. The molecule has 104 valence electrons. The molecule has 0 spiro atoms. The molecule has 1 aromatic heterocycles. The summed E-state index contributed by atoms with van der Waals surface area (Å²) >= 11 is 3.37. The van der Waals surface area contributed by atoms with Crippen LogP contribution in [-0.4, -0.2) is 18.0 Å².